The van der Waals surface area contributed by atoms with E-state index in [0.29, 0.717) is 32.4 Å². The molecule has 1 fully saturated rings. The number of hydrogen-bond donors (Lipinski definition) is 1. The van der Waals surface area contributed by atoms with Gasteiger partial charge in [-0.1, -0.05) is 19.1 Å². The summed E-state index contributed by atoms with van der Waals surface area (Å²) in [6.45, 7) is 3.44. The van der Waals surface area contributed by atoms with Crippen LogP contribution in [-0.4, -0.2) is 35.8 Å². The molecule has 1 aromatic rings. The molecule has 1 heterocycles. The Bertz CT molecular complexity index is 540. The second kappa shape index (κ2) is 8.65. The minimum atomic E-state index is -0.271. The van der Waals surface area contributed by atoms with E-state index >= 15 is 0 Å². The van der Waals surface area contributed by atoms with Gasteiger partial charge >= 0.3 is 0 Å². The highest BCUT2D eigenvalue weighted by Gasteiger charge is 2.23. The third-order valence-electron chi connectivity index (χ3n) is 4.21. The zero-order valence-corrected chi connectivity index (χ0v) is 13.7. The lowest BCUT2D eigenvalue weighted by molar-refractivity contribution is -0.132. The molecule has 1 saturated heterocycles. The average molecular weight is 320 g/mol. The molecule has 0 aliphatic carbocycles. The lowest BCUT2D eigenvalue weighted by Gasteiger charge is -2.32. The highest BCUT2D eigenvalue weighted by molar-refractivity contribution is 5.77. The number of nitrogens with one attached hydrogen (secondary N) is 1. The lowest BCUT2D eigenvalue weighted by atomic mass is 10.0. The van der Waals surface area contributed by atoms with Gasteiger partial charge in [0.25, 0.3) is 0 Å². The molecular weight excluding hydrogens is 295 g/mol. The molecule has 2 amide bonds. The van der Waals surface area contributed by atoms with Crippen LogP contribution in [0.2, 0.25) is 0 Å². The van der Waals surface area contributed by atoms with Crippen LogP contribution >= 0.6 is 0 Å². The summed E-state index contributed by atoms with van der Waals surface area (Å²) in [5.41, 5.74) is 0.833. The van der Waals surface area contributed by atoms with E-state index < -0.39 is 0 Å². The molecule has 5 heteroatoms. The molecule has 1 N–H and O–H groups in total. The molecule has 0 radical (unpaired) electrons. The minimum absolute atomic E-state index is 0.00686. The van der Waals surface area contributed by atoms with Crippen molar-refractivity contribution in [2.75, 3.05) is 13.1 Å². The number of benzene rings is 1. The van der Waals surface area contributed by atoms with E-state index in [0.717, 1.165) is 24.8 Å². The van der Waals surface area contributed by atoms with Crippen LogP contribution in [-0.2, 0) is 16.0 Å². The van der Waals surface area contributed by atoms with Crippen molar-refractivity contribution < 1.29 is 14.0 Å². The molecule has 0 aromatic heterocycles. The van der Waals surface area contributed by atoms with Crippen molar-refractivity contribution in [3.8, 4) is 0 Å². The van der Waals surface area contributed by atoms with Gasteiger partial charge in [-0.3, -0.25) is 9.59 Å². The van der Waals surface area contributed by atoms with E-state index in [9.17, 15) is 14.0 Å². The molecule has 4 nitrogen and oxygen atoms in total. The molecule has 1 aliphatic heterocycles. The Hall–Kier alpha value is -1.91. The van der Waals surface area contributed by atoms with Crippen LogP contribution in [0.25, 0.3) is 0 Å². The molecule has 23 heavy (non-hydrogen) atoms. The molecule has 0 saturated carbocycles. The SMILES string of the molecule is CCCC(=O)N1CCC(NC(=O)CCc2cccc(F)c2)CC1. The zero-order chi connectivity index (χ0) is 16.7. The van der Waals surface area contributed by atoms with E-state index in [1.54, 1.807) is 6.07 Å². The highest BCUT2D eigenvalue weighted by Crippen LogP contribution is 2.13. The second-order valence-corrected chi connectivity index (χ2v) is 6.10. The number of rotatable bonds is 6. The normalized spacial score (nSPS) is 15.5. The van der Waals surface area contributed by atoms with Crippen molar-refractivity contribution in [1.82, 2.24) is 10.2 Å². The second-order valence-electron chi connectivity index (χ2n) is 6.10. The molecule has 0 bridgehead atoms. The molecule has 0 spiro atoms. The summed E-state index contributed by atoms with van der Waals surface area (Å²) in [7, 11) is 0. The molecule has 1 aliphatic rings. The van der Waals surface area contributed by atoms with Crippen LogP contribution in [0.3, 0.4) is 0 Å². The molecule has 2 rings (SSSR count). The quantitative estimate of drug-likeness (QED) is 0.876. The summed E-state index contributed by atoms with van der Waals surface area (Å²) in [5.74, 6) is -0.0667. The van der Waals surface area contributed by atoms with Crippen molar-refractivity contribution in [2.24, 2.45) is 0 Å². The predicted molar refractivity (Wildman–Crippen MR) is 87.4 cm³/mol. The number of likely N-dealkylation sites (tertiary alicyclic amines) is 1. The Balaban J connectivity index is 1.69. The van der Waals surface area contributed by atoms with E-state index in [4.69, 9.17) is 0 Å². The maximum Gasteiger partial charge on any atom is 0.222 e. The summed E-state index contributed by atoms with van der Waals surface area (Å²) in [6, 6.07) is 6.49. The van der Waals surface area contributed by atoms with Crippen LogP contribution < -0.4 is 5.32 Å². The fraction of sp³-hybridized carbons (Fsp3) is 0.556. The molecular formula is C18H25FN2O2. The van der Waals surface area contributed by atoms with Gasteiger partial charge in [-0.25, -0.2) is 4.39 Å². The summed E-state index contributed by atoms with van der Waals surface area (Å²) in [5, 5.41) is 3.02. The van der Waals surface area contributed by atoms with Crippen LogP contribution in [0.1, 0.15) is 44.6 Å². The monoisotopic (exact) mass is 320 g/mol. The summed E-state index contributed by atoms with van der Waals surface area (Å²) in [6.07, 6.45) is 3.98. The van der Waals surface area contributed by atoms with Gasteiger partial charge in [-0.2, -0.15) is 0 Å². The molecule has 126 valence electrons. The summed E-state index contributed by atoms with van der Waals surface area (Å²) < 4.78 is 13.1. The third-order valence-corrected chi connectivity index (χ3v) is 4.21. The number of nitrogens with zero attached hydrogens (tertiary/aromatic N) is 1. The number of halogens is 1. The number of aryl methyl sites for hydroxylation is 1. The van der Waals surface area contributed by atoms with Gasteiger partial charge in [-0.05, 0) is 43.4 Å². The van der Waals surface area contributed by atoms with Gasteiger partial charge < -0.3 is 10.2 Å². The number of carbonyl (C=O) groups excluding carboxylic acids is 2. The van der Waals surface area contributed by atoms with Gasteiger partial charge in [0.05, 0.1) is 0 Å². The third kappa shape index (κ3) is 5.66. The van der Waals surface area contributed by atoms with Crippen LogP contribution in [0.15, 0.2) is 24.3 Å². The molecule has 0 atom stereocenters. The standard InChI is InChI=1S/C18H25FN2O2/c1-2-4-18(23)21-11-9-16(10-12-21)20-17(22)8-7-14-5-3-6-15(19)13-14/h3,5-6,13,16H,2,4,7-12H2,1H3,(H,20,22). The zero-order valence-electron chi connectivity index (χ0n) is 13.7. The van der Waals surface area contributed by atoms with Crippen molar-refractivity contribution in [2.45, 2.75) is 51.5 Å². The number of hydrogen-bond acceptors (Lipinski definition) is 2. The maximum atomic E-state index is 13.1. The Morgan fingerprint density at radius 1 is 1.26 bits per heavy atom. The number of piperidine rings is 1. The van der Waals surface area contributed by atoms with Crippen LogP contribution in [0.4, 0.5) is 4.39 Å². The number of amides is 2. The fourth-order valence-electron chi connectivity index (χ4n) is 2.90. The maximum absolute atomic E-state index is 13.1. The Kier molecular flexibility index (Phi) is 6.56. The molecule has 1 aromatic carbocycles. The van der Waals surface area contributed by atoms with Gasteiger partial charge in [0.15, 0.2) is 0 Å². The van der Waals surface area contributed by atoms with Gasteiger partial charge in [0.1, 0.15) is 5.82 Å². The van der Waals surface area contributed by atoms with Crippen molar-refractivity contribution in [3.05, 3.63) is 35.6 Å². The van der Waals surface area contributed by atoms with Gasteiger partial charge in [0, 0.05) is 32.0 Å². The topological polar surface area (TPSA) is 49.4 Å². The average Bonchev–Trinajstić information content (AvgIpc) is 2.54. The predicted octanol–water partition coefficient (Wildman–Crippen LogP) is 2.67. The van der Waals surface area contributed by atoms with Crippen LogP contribution in [0.5, 0.6) is 0 Å². The smallest absolute Gasteiger partial charge is 0.222 e. The lowest BCUT2D eigenvalue weighted by Crippen LogP contribution is -2.46. The minimum Gasteiger partial charge on any atom is -0.353 e. The largest absolute Gasteiger partial charge is 0.353 e. The van der Waals surface area contributed by atoms with Crippen molar-refractivity contribution >= 4 is 11.8 Å². The van der Waals surface area contributed by atoms with E-state index in [1.807, 2.05) is 17.9 Å². The van der Waals surface area contributed by atoms with Crippen LogP contribution in [0, 0.1) is 5.82 Å². The Morgan fingerprint density at radius 2 is 2.00 bits per heavy atom. The summed E-state index contributed by atoms with van der Waals surface area (Å²) in [4.78, 5) is 25.7. The van der Waals surface area contributed by atoms with Gasteiger partial charge in [0.2, 0.25) is 11.8 Å². The Labute approximate surface area is 137 Å². The van der Waals surface area contributed by atoms with Crippen molar-refractivity contribution in [3.63, 3.8) is 0 Å². The fourth-order valence-corrected chi connectivity index (χ4v) is 2.90. The van der Waals surface area contributed by atoms with E-state index in [1.165, 1.54) is 12.1 Å². The van der Waals surface area contributed by atoms with Crippen molar-refractivity contribution in [1.29, 1.82) is 0 Å². The first-order valence-corrected chi connectivity index (χ1v) is 8.40. The summed E-state index contributed by atoms with van der Waals surface area (Å²) >= 11 is 0. The van der Waals surface area contributed by atoms with Gasteiger partial charge in [-0.15, -0.1) is 0 Å². The van der Waals surface area contributed by atoms with E-state index in [2.05, 4.69) is 5.32 Å². The Morgan fingerprint density at radius 3 is 2.65 bits per heavy atom. The number of carbonyl (C=O) groups is 2. The highest BCUT2D eigenvalue weighted by atomic mass is 19.1. The first kappa shape index (κ1) is 17.4. The first-order valence-electron chi connectivity index (χ1n) is 8.40. The first-order chi connectivity index (χ1) is 11.1. The van der Waals surface area contributed by atoms with E-state index in [-0.39, 0.29) is 23.7 Å². The molecule has 0 unspecified atom stereocenters.